The molecular formula is C15H21NO4S. The van der Waals surface area contributed by atoms with Crippen LogP contribution in [0, 0.1) is 0 Å². The number of carbonyl (C=O) groups is 2. The van der Waals surface area contributed by atoms with Gasteiger partial charge in [-0.1, -0.05) is 6.42 Å². The van der Waals surface area contributed by atoms with Crippen molar-refractivity contribution in [3.8, 4) is 0 Å². The first kappa shape index (κ1) is 15.9. The van der Waals surface area contributed by atoms with E-state index >= 15 is 0 Å². The minimum atomic E-state index is -0.173. The molecule has 0 radical (unpaired) electrons. The number of methoxy groups -OCH3 is 1. The number of carbonyl (C=O) groups excluding carboxylic acids is 2. The van der Waals surface area contributed by atoms with Gasteiger partial charge in [0, 0.05) is 25.1 Å². The Balaban J connectivity index is 1.81. The van der Waals surface area contributed by atoms with Crippen LogP contribution in [-0.2, 0) is 14.3 Å². The van der Waals surface area contributed by atoms with Gasteiger partial charge in [0.1, 0.15) is 11.1 Å². The maximum absolute atomic E-state index is 12.1. The Labute approximate surface area is 129 Å². The number of esters is 1. The van der Waals surface area contributed by atoms with Crippen molar-refractivity contribution < 1.29 is 18.7 Å². The highest BCUT2D eigenvalue weighted by atomic mass is 32.2. The van der Waals surface area contributed by atoms with Crippen molar-refractivity contribution in [1.29, 1.82) is 0 Å². The maximum Gasteiger partial charge on any atom is 0.305 e. The van der Waals surface area contributed by atoms with Gasteiger partial charge >= 0.3 is 5.97 Å². The monoisotopic (exact) mass is 311 g/mol. The van der Waals surface area contributed by atoms with Gasteiger partial charge in [-0.15, -0.1) is 11.8 Å². The van der Waals surface area contributed by atoms with Crippen LogP contribution in [0.4, 0.5) is 0 Å². The largest absolute Gasteiger partial charge is 0.469 e. The van der Waals surface area contributed by atoms with Crippen LogP contribution in [0.5, 0.6) is 0 Å². The summed E-state index contributed by atoms with van der Waals surface area (Å²) in [4.78, 5) is 25.0. The van der Waals surface area contributed by atoms with Crippen LogP contribution >= 0.6 is 11.8 Å². The van der Waals surface area contributed by atoms with Gasteiger partial charge in [-0.05, 0) is 25.0 Å². The Kier molecular flexibility index (Phi) is 6.17. The predicted molar refractivity (Wildman–Crippen MR) is 80.7 cm³/mol. The minimum Gasteiger partial charge on any atom is -0.469 e. The summed E-state index contributed by atoms with van der Waals surface area (Å²) in [5, 5.41) is -0.0122. The van der Waals surface area contributed by atoms with Crippen LogP contribution in [0.1, 0.15) is 43.2 Å². The molecule has 0 bridgehead atoms. The highest BCUT2D eigenvalue weighted by molar-refractivity contribution is 7.99. The lowest BCUT2D eigenvalue weighted by atomic mass is 10.2. The van der Waals surface area contributed by atoms with Gasteiger partial charge in [0.05, 0.1) is 13.4 Å². The SMILES string of the molecule is COC(=O)CCCCCN1C(=O)CCSC1c1ccco1. The molecule has 1 unspecified atom stereocenters. The van der Waals surface area contributed by atoms with Crippen LogP contribution in [-0.4, -0.2) is 36.2 Å². The zero-order valence-electron chi connectivity index (χ0n) is 12.2. The molecule has 1 atom stereocenters. The highest BCUT2D eigenvalue weighted by Gasteiger charge is 2.30. The summed E-state index contributed by atoms with van der Waals surface area (Å²) in [6, 6.07) is 3.77. The third-order valence-corrected chi connectivity index (χ3v) is 4.73. The van der Waals surface area contributed by atoms with Crippen molar-refractivity contribution in [3.63, 3.8) is 0 Å². The normalized spacial score (nSPS) is 18.8. The van der Waals surface area contributed by atoms with Gasteiger partial charge in [0.15, 0.2) is 0 Å². The van der Waals surface area contributed by atoms with Crippen molar-refractivity contribution in [2.45, 2.75) is 37.5 Å². The molecule has 0 N–H and O–H groups in total. The Morgan fingerprint density at radius 3 is 3.05 bits per heavy atom. The summed E-state index contributed by atoms with van der Waals surface area (Å²) in [5.74, 6) is 1.68. The van der Waals surface area contributed by atoms with E-state index in [2.05, 4.69) is 4.74 Å². The van der Waals surface area contributed by atoms with E-state index in [0.717, 1.165) is 30.8 Å². The highest BCUT2D eigenvalue weighted by Crippen LogP contribution is 2.37. The molecule has 0 spiro atoms. The number of ether oxygens (including phenoxy) is 1. The number of hydrogen-bond donors (Lipinski definition) is 0. The minimum absolute atomic E-state index is 0.0122. The van der Waals surface area contributed by atoms with Gasteiger partial charge in [-0.3, -0.25) is 9.59 Å². The van der Waals surface area contributed by atoms with E-state index in [1.54, 1.807) is 18.0 Å². The standard InChI is InChI=1S/C15H21NO4S/c1-19-14(18)7-3-2-4-9-16-13(17)8-11-21-15(16)12-6-5-10-20-12/h5-6,10,15H,2-4,7-9,11H2,1H3. The van der Waals surface area contributed by atoms with E-state index in [9.17, 15) is 9.59 Å². The first-order valence-electron chi connectivity index (χ1n) is 7.23. The van der Waals surface area contributed by atoms with Crippen LogP contribution in [0.25, 0.3) is 0 Å². The molecule has 1 aliphatic rings. The molecule has 6 heteroatoms. The first-order chi connectivity index (χ1) is 10.2. The van der Waals surface area contributed by atoms with Gasteiger partial charge < -0.3 is 14.1 Å². The van der Waals surface area contributed by atoms with E-state index < -0.39 is 0 Å². The van der Waals surface area contributed by atoms with Crippen molar-refractivity contribution >= 4 is 23.6 Å². The van der Waals surface area contributed by atoms with Crippen molar-refractivity contribution in [2.24, 2.45) is 0 Å². The van der Waals surface area contributed by atoms with E-state index in [1.807, 2.05) is 17.0 Å². The average Bonchev–Trinajstić information content (AvgIpc) is 3.02. The number of furan rings is 1. The summed E-state index contributed by atoms with van der Waals surface area (Å²) in [5.41, 5.74) is 0. The number of nitrogens with zero attached hydrogens (tertiary/aromatic N) is 1. The van der Waals surface area contributed by atoms with Gasteiger partial charge in [-0.2, -0.15) is 0 Å². The molecule has 5 nitrogen and oxygen atoms in total. The molecule has 1 fully saturated rings. The van der Waals surface area contributed by atoms with Crippen LogP contribution in [0.2, 0.25) is 0 Å². The first-order valence-corrected chi connectivity index (χ1v) is 8.28. The summed E-state index contributed by atoms with van der Waals surface area (Å²) < 4.78 is 10.1. The fourth-order valence-electron chi connectivity index (χ4n) is 2.36. The summed E-state index contributed by atoms with van der Waals surface area (Å²) in [6.45, 7) is 0.707. The molecule has 1 aliphatic heterocycles. The lowest BCUT2D eigenvalue weighted by Gasteiger charge is -2.33. The third kappa shape index (κ3) is 4.52. The van der Waals surface area contributed by atoms with Crippen molar-refractivity contribution in [2.75, 3.05) is 19.4 Å². The number of amides is 1. The number of thioether (sulfide) groups is 1. The summed E-state index contributed by atoms with van der Waals surface area (Å²) in [6.07, 6.45) is 5.27. The Hall–Kier alpha value is -1.43. The molecule has 0 saturated carbocycles. The van der Waals surface area contributed by atoms with E-state index in [4.69, 9.17) is 4.42 Å². The van der Waals surface area contributed by atoms with Gasteiger partial charge in [0.25, 0.3) is 0 Å². The van der Waals surface area contributed by atoms with Crippen molar-refractivity contribution in [3.05, 3.63) is 24.2 Å². The van der Waals surface area contributed by atoms with Crippen LogP contribution in [0.15, 0.2) is 22.8 Å². The van der Waals surface area contributed by atoms with Crippen LogP contribution < -0.4 is 0 Å². The molecule has 0 aliphatic carbocycles. The second kappa shape index (κ2) is 8.12. The second-order valence-electron chi connectivity index (χ2n) is 4.96. The topological polar surface area (TPSA) is 59.8 Å². The smallest absolute Gasteiger partial charge is 0.305 e. The average molecular weight is 311 g/mol. The lowest BCUT2D eigenvalue weighted by molar-refractivity contribution is -0.140. The second-order valence-corrected chi connectivity index (χ2v) is 6.15. The molecule has 116 valence electrons. The fourth-order valence-corrected chi connectivity index (χ4v) is 3.58. The zero-order chi connectivity index (χ0) is 15.1. The van der Waals surface area contributed by atoms with E-state index in [1.165, 1.54) is 7.11 Å². The predicted octanol–water partition coefficient (Wildman–Crippen LogP) is 2.98. The molecule has 1 aromatic rings. The van der Waals surface area contributed by atoms with Gasteiger partial charge in [0.2, 0.25) is 5.91 Å². The molecule has 1 amide bonds. The number of rotatable bonds is 7. The third-order valence-electron chi connectivity index (χ3n) is 3.49. The van der Waals surface area contributed by atoms with Crippen molar-refractivity contribution in [1.82, 2.24) is 4.90 Å². The molecule has 1 aromatic heterocycles. The summed E-state index contributed by atoms with van der Waals surface area (Å²) in [7, 11) is 1.40. The lowest BCUT2D eigenvalue weighted by Crippen LogP contribution is -2.37. The summed E-state index contributed by atoms with van der Waals surface area (Å²) >= 11 is 1.74. The molecule has 1 saturated heterocycles. The molecule has 2 rings (SSSR count). The molecule has 21 heavy (non-hydrogen) atoms. The maximum atomic E-state index is 12.1. The zero-order valence-corrected chi connectivity index (χ0v) is 13.1. The van der Waals surface area contributed by atoms with E-state index in [0.29, 0.717) is 19.4 Å². The molecule has 0 aromatic carbocycles. The number of hydrogen-bond acceptors (Lipinski definition) is 5. The van der Waals surface area contributed by atoms with Gasteiger partial charge in [-0.25, -0.2) is 0 Å². The quantitative estimate of drug-likeness (QED) is 0.572. The Bertz CT molecular complexity index is 460. The van der Waals surface area contributed by atoms with Crippen LogP contribution in [0.3, 0.4) is 0 Å². The Morgan fingerprint density at radius 1 is 1.48 bits per heavy atom. The molecular weight excluding hydrogens is 290 g/mol. The number of unbranched alkanes of at least 4 members (excludes halogenated alkanes) is 2. The molecule has 2 heterocycles. The van der Waals surface area contributed by atoms with E-state index in [-0.39, 0.29) is 17.3 Å². The fraction of sp³-hybridized carbons (Fsp3) is 0.600. The Morgan fingerprint density at radius 2 is 2.33 bits per heavy atom.